The lowest BCUT2D eigenvalue weighted by Crippen LogP contribution is -2.55. The van der Waals surface area contributed by atoms with Crippen molar-refractivity contribution in [2.75, 3.05) is 32.7 Å². The van der Waals surface area contributed by atoms with E-state index in [1.54, 1.807) is 12.1 Å². The molecule has 0 unspecified atom stereocenters. The predicted octanol–water partition coefficient (Wildman–Crippen LogP) is 4.96. The van der Waals surface area contributed by atoms with Gasteiger partial charge >= 0.3 is 0 Å². The number of hydrogen-bond donors (Lipinski definition) is 1. The van der Waals surface area contributed by atoms with E-state index in [9.17, 15) is 4.39 Å². The summed E-state index contributed by atoms with van der Waals surface area (Å²) in [4.78, 5) is 7.69. The van der Waals surface area contributed by atoms with Crippen LogP contribution < -0.4 is 5.32 Å². The van der Waals surface area contributed by atoms with E-state index in [1.165, 1.54) is 57.6 Å². The van der Waals surface area contributed by atoms with Crippen molar-refractivity contribution in [1.29, 1.82) is 0 Å². The summed E-state index contributed by atoms with van der Waals surface area (Å²) in [5.41, 5.74) is 2.53. The molecule has 31 heavy (non-hydrogen) atoms. The van der Waals surface area contributed by atoms with Crippen LogP contribution in [0.3, 0.4) is 0 Å². The second-order valence-corrected chi connectivity index (χ2v) is 11.4. The molecule has 2 saturated heterocycles. The molecule has 3 aliphatic carbocycles. The molecule has 0 radical (unpaired) electrons. The van der Waals surface area contributed by atoms with Gasteiger partial charge in [-0.15, -0.1) is 0 Å². The summed E-state index contributed by atoms with van der Waals surface area (Å²) in [5.74, 6) is 4.27. The Hall–Kier alpha value is -1.46. The number of nitrogens with one attached hydrogen (secondary N) is 1. The van der Waals surface area contributed by atoms with Crippen molar-refractivity contribution in [3.63, 3.8) is 0 Å². The van der Waals surface area contributed by atoms with Gasteiger partial charge in [0.25, 0.3) is 0 Å². The third-order valence-corrected chi connectivity index (χ3v) is 9.52. The number of piperidine rings is 1. The average Bonchev–Trinajstić information content (AvgIpc) is 3.42. The molecule has 7 rings (SSSR count). The number of halogens is 1. The molecule has 1 aromatic heterocycles. The van der Waals surface area contributed by atoms with Crippen LogP contribution in [0.25, 0.3) is 11.0 Å². The number of imidazole rings is 1. The smallest absolute Gasteiger partial charge is 0.125 e. The van der Waals surface area contributed by atoms with Gasteiger partial charge in [0.1, 0.15) is 11.6 Å². The predicted molar refractivity (Wildman–Crippen MR) is 123 cm³/mol. The first kappa shape index (κ1) is 20.2. The van der Waals surface area contributed by atoms with Gasteiger partial charge in [0.15, 0.2) is 0 Å². The third-order valence-electron chi connectivity index (χ3n) is 9.52. The standard InChI is InChI=1S/C26H37FN4/c1-26(2)19-4-3-18(22(26)13-19)16-30-11-8-21(9-12-30)31-24-6-5-20(27)14-23(24)29-25(31)17-7-10-28-15-17/h5-6,14,17-19,21-22,28H,3-4,7-13,15-16H2,1-2H3/t17-,18+,19+,22+/m1/s1. The van der Waals surface area contributed by atoms with Gasteiger partial charge in [0.05, 0.1) is 11.0 Å². The summed E-state index contributed by atoms with van der Waals surface area (Å²) in [6, 6.07) is 5.65. The zero-order valence-electron chi connectivity index (χ0n) is 19.1. The number of benzene rings is 1. The normalized spacial score (nSPS) is 33.6. The van der Waals surface area contributed by atoms with E-state index >= 15 is 0 Å². The molecule has 5 fully saturated rings. The summed E-state index contributed by atoms with van der Waals surface area (Å²) < 4.78 is 16.4. The number of nitrogens with zero attached hydrogens (tertiary/aromatic N) is 3. The van der Waals surface area contributed by atoms with Gasteiger partial charge in [-0.25, -0.2) is 9.37 Å². The average molecular weight is 425 g/mol. The van der Waals surface area contributed by atoms with E-state index in [-0.39, 0.29) is 5.82 Å². The van der Waals surface area contributed by atoms with Crippen LogP contribution in [0.2, 0.25) is 0 Å². The maximum atomic E-state index is 13.9. The molecule has 2 aromatic rings. The van der Waals surface area contributed by atoms with E-state index in [0.29, 0.717) is 17.4 Å². The molecular weight excluding hydrogens is 387 g/mol. The monoisotopic (exact) mass is 424 g/mol. The van der Waals surface area contributed by atoms with Gasteiger partial charge in [0.2, 0.25) is 0 Å². The Morgan fingerprint density at radius 1 is 1.13 bits per heavy atom. The fourth-order valence-corrected chi connectivity index (χ4v) is 7.51. The number of hydrogen-bond acceptors (Lipinski definition) is 3. The van der Waals surface area contributed by atoms with Crippen molar-refractivity contribution in [2.24, 2.45) is 23.2 Å². The Morgan fingerprint density at radius 2 is 1.97 bits per heavy atom. The minimum Gasteiger partial charge on any atom is -0.324 e. The molecule has 1 N–H and O–H groups in total. The molecule has 4 atom stereocenters. The van der Waals surface area contributed by atoms with Crippen molar-refractivity contribution in [3.8, 4) is 0 Å². The first-order valence-electron chi connectivity index (χ1n) is 12.6. The Bertz CT molecular complexity index is 950. The Balaban J connectivity index is 1.19. The van der Waals surface area contributed by atoms with E-state index in [2.05, 4.69) is 28.6 Å². The van der Waals surface area contributed by atoms with Crippen LogP contribution in [0, 0.1) is 29.0 Å². The fraction of sp³-hybridized carbons (Fsp3) is 0.731. The molecule has 3 heterocycles. The second-order valence-electron chi connectivity index (χ2n) is 11.4. The van der Waals surface area contributed by atoms with Gasteiger partial charge in [-0.05, 0) is 80.4 Å². The molecule has 4 nitrogen and oxygen atoms in total. The lowest BCUT2D eigenvalue weighted by atomic mass is 9.45. The summed E-state index contributed by atoms with van der Waals surface area (Å²) in [6.07, 6.45) is 7.85. The molecule has 168 valence electrons. The Labute approximate surface area is 185 Å². The van der Waals surface area contributed by atoms with Crippen molar-refractivity contribution in [1.82, 2.24) is 19.8 Å². The zero-order chi connectivity index (χ0) is 21.2. The summed E-state index contributed by atoms with van der Waals surface area (Å²) in [5, 5.41) is 3.49. The van der Waals surface area contributed by atoms with E-state index in [0.717, 1.165) is 48.3 Å². The molecule has 2 aliphatic heterocycles. The maximum Gasteiger partial charge on any atom is 0.125 e. The maximum absolute atomic E-state index is 13.9. The molecule has 1 aromatic carbocycles. The van der Waals surface area contributed by atoms with Gasteiger partial charge in [0, 0.05) is 44.2 Å². The highest BCUT2D eigenvalue weighted by Gasteiger charge is 2.54. The number of aromatic nitrogens is 2. The van der Waals surface area contributed by atoms with Crippen molar-refractivity contribution in [2.45, 2.75) is 64.3 Å². The molecular formula is C26H37FN4. The van der Waals surface area contributed by atoms with Crippen molar-refractivity contribution >= 4 is 11.0 Å². The van der Waals surface area contributed by atoms with Crippen molar-refractivity contribution < 1.29 is 4.39 Å². The second kappa shape index (κ2) is 7.55. The number of likely N-dealkylation sites (tertiary alicyclic amines) is 1. The van der Waals surface area contributed by atoms with Crippen LogP contribution in [-0.2, 0) is 0 Å². The summed E-state index contributed by atoms with van der Waals surface area (Å²) >= 11 is 0. The van der Waals surface area contributed by atoms with Crippen LogP contribution in [0.4, 0.5) is 4.39 Å². The Kier molecular flexibility index (Phi) is 4.91. The topological polar surface area (TPSA) is 33.1 Å². The van der Waals surface area contributed by atoms with Crippen LogP contribution in [0.15, 0.2) is 18.2 Å². The Morgan fingerprint density at radius 3 is 2.68 bits per heavy atom. The summed E-state index contributed by atoms with van der Waals surface area (Å²) in [7, 11) is 0. The van der Waals surface area contributed by atoms with E-state index in [4.69, 9.17) is 4.98 Å². The van der Waals surface area contributed by atoms with E-state index < -0.39 is 0 Å². The lowest BCUT2D eigenvalue weighted by molar-refractivity contribution is -0.112. The first-order valence-corrected chi connectivity index (χ1v) is 12.6. The summed E-state index contributed by atoms with van der Waals surface area (Å²) in [6.45, 7) is 10.7. The highest BCUT2D eigenvalue weighted by Crippen LogP contribution is 2.61. The van der Waals surface area contributed by atoms with Gasteiger partial charge < -0.3 is 14.8 Å². The third kappa shape index (κ3) is 3.34. The van der Waals surface area contributed by atoms with Gasteiger partial charge in [-0.3, -0.25) is 0 Å². The van der Waals surface area contributed by atoms with Gasteiger partial charge in [-0.1, -0.05) is 13.8 Å². The minimum atomic E-state index is -0.184. The lowest BCUT2D eigenvalue weighted by Gasteiger charge is -2.61. The molecule has 0 spiro atoms. The number of rotatable bonds is 4. The van der Waals surface area contributed by atoms with Crippen molar-refractivity contribution in [3.05, 3.63) is 29.8 Å². The molecule has 2 bridgehead atoms. The molecule has 0 amide bonds. The first-order chi connectivity index (χ1) is 15.0. The van der Waals surface area contributed by atoms with E-state index in [1.807, 2.05) is 6.07 Å². The minimum absolute atomic E-state index is 0.184. The van der Waals surface area contributed by atoms with Crippen LogP contribution >= 0.6 is 0 Å². The highest BCUT2D eigenvalue weighted by molar-refractivity contribution is 5.76. The van der Waals surface area contributed by atoms with Crippen LogP contribution in [0.5, 0.6) is 0 Å². The SMILES string of the molecule is CC1(C)[C@H]2CC[C@@H](CN3CCC(n4c([C@@H]5CCNC5)nc5cc(F)ccc54)CC3)[C@@H]1C2. The zero-order valence-corrected chi connectivity index (χ0v) is 19.1. The molecule has 5 heteroatoms. The quantitative estimate of drug-likeness (QED) is 0.753. The molecule has 5 aliphatic rings. The largest absolute Gasteiger partial charge is 0.324 e. The molecule has 3 saturated carbocycles. The highest BCUT2D eigenvalue weighted by atomic mass is 19.1. The number of fused-ring (bicyclic) bond motifs is 3. The van der Waals surface area contributed by atoms with Crippen LogP contribution in [-0.4, -0.2) is 47.2 Å². The van der Waals surface area contributed by atoms with Gasteiger partial charge in [-0.2, -0.15) is 0 Å². The fourth-order valence-electron chi connectivity index (χ4n) is 7.51. The van der Waals surface area contributed by atoms with Crippen LogP contribution in [0.1, 0.15) is 70.2 Å².